The van der Waals surface area contributed by atoms with Crippen molar-refractivity contribution in [3.8, 4) is 0 Å². The molecular formula is C9H10BrCl2NO. The van der Waals surface area contributed by atoms with E-state index in [1.54, 1.807) is 12.1 Å². The Bertz CT molecular complexity index is 310. The Labute approximate surface area is 101 Å². The van der Waals surface area contributed by atoms with Crippen LogP contribution in [0.2, 0.25) is 10.0 Å². The predicted octanol–water partition coefficient (Wildman–Crippen LogP) is 3.55. The molecule has 0 aliphatic heterocycles. The molecule has 0 aliphatic carbocycles. The number of benzene rings is 1. The molecule has 0 amide bonds. The van der Waals surface area contributed by atoms with Crippen LogP contribution in [0.15, 0.2) is 16.6 Å². The van der Waals surface area contributed by atoms with Crippen LogP contribution in [0.1, 0.15) is 6.92 Å². The molecule has 1 unspecified atom stereocenters. The number of nitrogens with one attached hydrogen (secondary N) is 1. The van der Waals surface area contributed by atoms with Gasteiger partial charge >= 0.3 is 0 Å². The third-order valence-corrected chi connectivity index (χ3v) is 2.73. The molecule has 0 aromatic heterocycles. The van der Waals surface area contributed by atoms with Gasteiger partial charge in [-0.2, -0.15) is 0 Å². The lowest BCUT2D eigenvalue weighted by atomic mass is 10.2. The number of anilines is 1. The van der Waals surface area contributed by atoms with Crippen molar-refractivity contribution in [3.05, 3.63) is 26.7 Å². The highest BCUT2D eigenvalue weighted by molar-refractivity contribution is 9.10. The fraction of sp³-hybridized carbons (Fsp3) is 0.333. The third kappa shape index (κ3) is 3.02. The minimum Gasteiger partial charge on any atom is -0.394 e. The molecule has 0 aliphatic rings. The number of halogens is 3. The van der Waals surface area contributed by atoms with Crippen LogP contribution in [0.3, 0.4) is 0 Å². The molecule has 0 bridgehead atoms. The Morgan fingerprint density at radius 3 is 2.36 bits per heavy atom. The minimum atomic E-state index is -0.0776. The predicted molar refractivity (Wildman–Crippen MR) is 64.3 cm³/mol. The topological polar surface area (TPSA) is 32.3 Å². The molecule has 0 heterocycles. The zero-order valence-corrected chi connectivity index (χ0v) is 10.6. The van der Waals surface area contributed by atoms with Gasteiger partial charge in [-0.05, 0) is 19.1 Å². The van der Waals surface area contributed by atoms with Gasteiger partial charge in [0, 0.05) is 10.5 Å². The second kappa shape index (κ2) is 5.21. The van der Waals surface area contributed by atoms with E-state index < -0.39 is 0 Å². The van der Waals surface area contributed by atoms with Crippen molar-refractivity contribution in [2.24, 2.45) is 0 Å². The summed E-state index contributed by atoms with van der Waals surface area (Å²) < 4.78 is 0.828. The summed E-state index contributed by atoms with van der Waals surface area (Å²) in [6, 6.07) is 3.42. The van der Waals surface area contributed by atoms with E-state index in [2.05, 4.69) is 21.2 Å². The SMILES string of the molecule is CC(CO)Nc1c(Cl)cc(Br)cc1Cl. The Balaban J connectivity index is 2.96. The first kappa shape index (κ1) is 12.1. The Morgan fingerprint density at radius 2 is 1.93 bits per heavy atom. The minimum absolute atomic E-state index is 0.0305. The fourth-order valence-corrected chi connectivity index (χ4v) is 2.29. The zero-order valence-electron chi connectivity index (χ0n) is 7.52. The average molecular weight is 299 g/mol. The lowest BCUT2D eigenvalue weighted by Crippen LogP contribution is -2.19. The summed E-state index contributed by atoms with van der Waals surface area (Å²) >= 11 is 15.2. The summed E-state index contributed by atoms with van der Waals surface area (Å²) in [5.74, 6) is 0. The van der Waals surface area contributed by atoms with Crippen molar-refractivity contribution in [2.45, 2.75) is 13.0 Å². The van der Waals surface area contributed by atoms with Gasteiger partial charge < -0.3 is 10.4 Å². The van der Waals surface area contributed by atoms with E-state index >= 15 is 0 Å². The highest BCUT2D eigenvalue weighted by Gasteiger charge is 2.09. The molecule has 2 N–H and O–H groups in total. The maximum absolute atomic E-state index is 8.87. The fourth-order valence-electron chi connectivity index (χ4n) is 0.972. The molecule has 1 rings (SSSR count). The van der Waals surface area contributed by atoms with Crippen LogP contribution in [0.4, 0.5) is 5.69 Å². The first-order valence-electron chi connectivity index (χ1n) is 4.06. The van der Waals surface area contributed by atoms with Gasteiger partial charge in [-0.15, -0.1) is 0 Å². The van der Waals surface area contributed by atoms with Crippen molar-refractivity contribution in [3.63, 3.8) is 0 Å². The summed E-state index contributed by atoms with van der Waals surface area (Å²) in [4.78, 5) is 0. The number of aliphatic hydroxyl groups is 1. The molecule has 78 valence electrons. The van der Waals surface area contributed by atoms with Gasteiger partial charge in [-0.25, -0.2) is 0 Å². The first-order valence-corrected chi connectivity index (χ1v) is 5.61. The lowest BCUT2D eigenvalue weighted by molar-refractivity contribution is 0.281. The molecule has 1 aromatic rings. The smallest absolute Gasteiger partial charge is 0.0722 e. The molecule has 1 atom stereocenters. The van der Waals surface area contributed by atoms with E-state index in [-0.39, 0.29) is 12.6 Å². The molecule has 0 radical (unpaired) electrons. The Hall–Kier alpha value is 0.0400. The first-order chi connectivity index (χ1) is 6.54. The molecule has 0 saturated heterocycles. The number of hydrogen-bond donors (Lipinski definition) is 2. The summed E-state index contributed by atoms with van der Waals surface area (Å²) in [6.07, 6.45) is 0. The van der Waals surface area contributed by atoms with Crippen LogP contribution < -0.4 is 5.32 Å². The van der Waals surface area contributed by atoms with Crippen LogP contribution in [-0.2, 0) is 0 Å². The van der Waals surface area contributed by atoms with Gasteiger partial charge in [0.2, 0.25) is 0 Å². The van der Waals surface area contributed by atoms with E-state index in [9.17, 15) is 0 Å². The standard InChI is InChI=1S/C9H10BrCl2NO/c1-5(4-14)13-9-7(11)2-6(10)3-8(9)12/h2-3,5,13-14H,4H2,1H3. The summed E-state index contributed by atoms with van der Waals surface area (Å²) in [7, 11) is 0. The Morgan fingerprint density at radius 1 is 1.43 bits per heavy atom. The van der Waals surface area contributed by atoms with Crippen LogP contribution in [0.5, 0.6) is 0 Å². The van der Waals surface area contributed by atoms with Crippen molar-refractivity contribution in [1.82, 2.24) is 0 Å². The van der Waals surface area contributed by atoms with E-state index in [1.807, 2.05) is 6.92 Å². The van der Waals surface area contributed by atoms with Crippen LogP contribution >= 0.6 is 39.1 Å². The van der Waals surface area contributed by atoms with Crippen molar-refractivity contribution in [1.29, 1.82) is 0 Å². The highest BCUT2D eigenvalue weighted by atomic mass is 79.9. The van der Waals surface area contributed by atoms with Gasteiger partial charge in [0.1, 0.15) is 0 Å². The van der Waals surface area contributed by atoms with Crippen LogP contribution in [-0.4, -0.2) is 17.8 Å². The van der Waals surface area contributed by atoms with Crippen molar-refractivity contribution in [2.75, 3.05) is 11.9 Å². The molecule has 2 nitrogen and oxygen atoms in total. The molecule has 0 saturated carbocycles. The molecule has 14 heavy (non-hydrogen) atoms. The highest BCUT2D eigenvalue weighted by Crippen LogP contribution is 2.34. The van der Waals surface area contributed by atoms with E-state index in [1.165, 1.54) is 0 Å². The van der Waals surface area contributed by atoms with E-state index in [0.29, 0.717) is 15.7 Å². The van der Waals surface area contributed by atoms with Crippen LogP contribution in [0, 0.1) is 0 Å². The molecule has 0 fully saturated rings. The number of aliphatic hydroxyl groups excluding tert-OH is 1. The monoisotopic (exact) mass is 297 g/mol. The van der Waals surface area contributed by atoms with Gasteiger partial charge in [0.05, 0.1) is 22.3 Å². The number of hydrogen-bond acceptors (Lipinski definition) is 2. The molecular weight excluding hydrogens is 289 g/mol. The van der Waals surface area contributed by atoms with Gasteiger partial charge in [0.25, 0.3) is 0 Å². The summed E-state index contributed by atoms with van der Waals surface area (Å²) in [5.41, 5.74) is 0.651. The maximum atomic E-state index is 8.87. The summed E-state index contributed by atoms with van der Waals surface area (Å²) in [5, 5.41) is 13.0. The molecule has 0 spiro atoms. The van der Waals surface area contributed by atoms with Gasteiger partial charge in [-0.1, -0.05) is 39.1 Å². The van der Waals surface area contributed by atoms with E-state index in [0.717, 1.165) is 4.47 Å². The quantitative estimate of drug-likeness (QED) is 0.894. The lowest BCUT2D eigenvalue weighted by Gasteiger charge is -2.15. The zero-order chi connectivity index (χ0) is 10.7. The van der Waals surface area contributed by atoms with E-state index in [4.69, 9.17) is 28.3 Å². The normalized spacial score (nSPS) is 12.6. The number of rotatable bonds is 3. The molecule has 5 heteroatoms. The average Bonchev–Trinajstić information content (AvgIpc) is 2.10. The second-order valence-corrected chi connectivity index (χ2v) is 4.70. The van der Waals surface area contributed by atoms with Gasteiger partial charge in [0.15, 0.2) is 0 Å². The van der Waals surface area contributed by atoms with Crippen LogP contribution in [0.25, 0.3) is 0 Å². The van der Waals surface area contributed by atoms with Crippen molar-refractivity contribution >= 4 is 44.8 Å². The Kier molecular flexibility index (Phi) is 4.51. The maximum Gasteiger partial charge on any atom is 0.0722 e. The largest absolute Gasteiger partial charge is 0.394 e. The summed E-state index contributed by atoms with van der Waals surface area (Å²) in [6.45, 7) is 1.87. The molecule has 1 aromatic carbocycles. The second-order valence-electron chi connectivity index (χ2n) is 2.97. The van der Waals surface area contributed by atoms with Gasteiger partial charge in [-0.3, -0.25) is 0 Å². The third-order valence-electron chi connectivity index (χ3n) is 1.67. The van der Waals surface area contributed by atoms with Crippen molar-refractivity contribution < 1.29 is 5.11 Å².